The van der Waals surface area contributed by atoms with Gasteiger partial charge in [-0.15, -0.1) is 12.6 Å². The van der Waals surface area contributed by atoms with Crippen molar-refractivity contribution in [2.24, 2.45) is 0 Å². The highest BCUT2D eigenvalue weighted by molar-refractivity contribution is 7.80. The third-order valence-electron chi connectivity index (χ3n) is 3.69. The molecule has 0 radical (unpaired) electrons. The molecular formula is C20H19NS. The van der Waals surface area contributed by atoms with Crippen LogP contribution in [0, 0.1) is 13.8 Å². The second-order valence-corrected chi connectivity index (χ2v) is 6.04. The summed E-state index contributed by atoms with van der Waals surface area (Å²) in [4.78, 5) is 3.23. The average molecular weight is 305 g/mol. The van der Waals surface area contributed by atoms with E-state index in [9.17, 15) is 0 Å². The summed E-state index contributed by atoms with van der Waals surface area (Å²) in [6.45, 7) is 4.21. The summed E-state index contributed by atoms with van der Waals surface area (Å²) < 4.78 is 0. The van der Waals surface area contributed by atoms with E-state index in [1.165, 1.54) is 11.1 Å². The minimum absolute atomic E-state index is 0.969. The van der Waals surface area contributed by atoms with E-state index in [-0.39, 0.29) is 0 Å². The number of hydrogen-bond acceptors (Lipinski definition) is 2. The summed E-state index contributed by atoms with van der Waals surface area (Å²) in [5.41, 5.74) is 5.96. The highest BCUT2D eigenvalue weighted by Gasteiger charge is 2.11. The lowest BCUT2D eigenvalue weighted by atomic mass is 10.1. The first-order valence-corrected chi connectivity index (χ1v) is 7.81. The van der Waals surface area contributed by atoms with Crippen molar-refractivity contribution in [1.29, 1.82) is 0 Å². The Morgan fingerprint density at radius 3 is 1.23 bits per heavy atom. The summed E-state index contributed by atoms with van der Waals surface area (Å²) in [7, 11) is 0. The Bertz CT molecular complexity index is 635. The Morgan fingerprint density at radius 1 is 0.545 bits per heavy atom. The molecule has 0 aliphatic carbocycles. The van der Waals surface area contributed by atoms with Crippen molar-refractivity contribution in [1.82, 2.24) is 0 Å². The van der Waals surface area contributed by atoms with E-state index in [1.54, 1.807) is 0 Å². The van der Waals surface area contributed by atoms with Gasteiger partial charge < -0.3 is 4.90 Å². The van der Waals surface area contributed by atoms with Gasteiger partial charge in [-0.3, -0.25) is 0 Å². The van der Waals surface area contributed by atoms with Crippen LogP contribution in [-0.2, 0) is 0 Å². The van der Waals surface area contributed by atoms with Crippen molar-refractivity contribution in [3.63, 3.8) is 0 Å². The van der Waals surface area contributed by atoms with Crippen LogP contribution in [0.4, 0.5) is 17.1 Å². The molecule has 0 saturated heterocycles. The van der Waals surface area contributed by atoms with E-state index >= 15 is 0 Å². The van der Waals surface area contributed by atoms with Crippen molar-refractivity contribution in [3.05, 3.63) is 83.9 Å². The fourth-order valence-electron chi connectivity index (χ4n) is 2.44. The lowest BCUT2D eigenvalue weighted by Crippen LogP contribution is -2.09. The number of hydrogen-bond donors (Lipinski definition) is 1. The molecule has 2 heteroatoms. The van der Waals surface area contributed by atoms with E-state index in [0.29, 0.717) is 0 Å². The van der Waals surface area contributed by atoms with Crippen LogP contribution in [0.1, 0.15) is 11.1 Å². The highest BCUT2D eigenvalue weighted by Crippen LogP contribution is 2.34. The van der Waals surface area contributed by atoms with Gasteiger partial charge in [-0.1, -0.05) is 35.4 Å². The standard InChI is InChI=1S/C20H19NS/c1-15-3-7-17(8-4-15)21(18-9-5-16(2)6-10-18)19-11-13-20(22)14-12-19/h3-14,22H,1-2H3. The van der Waals surface area contributed by atoms with Crippen molar-refractivity contribution in [2.75, 3.05) is 4.90 Å². The van der Waals surface area contributed by atoms with Gasteiger partial charge in [-0.2, -0.15) is 0 Å². The molecule has 0 atom stereocenters. The summed E-state index contributed by atoms with van der Waals surface area (Å²) in [5, 5.41) is 0. The van der Waals surface area contributed by atoms with Gasteiger partial charge in [0.05, 0.1) is 0 Å². The first-order chi connectivity index (χ1) is 10.6. The van der Waals surface area contributed by atoms with E-state index < -0.39 is 0 Å². The molecule has 0 bridgehead atoms. The zero-order valence-electron chi connectivity index (χ0n) is 12.8. The van der Waals surface area contributed by atoms with Crippen molar-refractivity contribution < 1.29 is 0 Å². The number of anilines is 3. The summed E-state index contributed by atoms with van der Waals surface area (Å²) in [6, 6.07) is 25.4. The molecular weight excluding hydrogens is 286 g/mol. The molecule has 3 aromatic carbocycles. The number of aryl methyl sites for hydroxylation is 2. The topological polar surface area (TPSA) is 3.24 Å². The molecule has 0 amide bonds. The molecule has 0 saturated carbocycles. The summed E-state index contributed by atoms with van der Waals surface area (Å²) >= 11 is 4.38. The van der Waals surface area contributed by atoms with Gasteiger partial charge in [0.1, 0.15) is 0 Å². The quantitative estimate of drug-likeness (QED) is 0.575. The fourth-order valence-corrected chi connectivity index (χ4v) is 2.59. The van der Waals surface area contributed by atoms with Crippen molar-refractivity contribution >= 4 is 29.7 Å². The Kier molecular flexibility index (Phi) is 4.21. The molecule has 110 valence electrons. The maximum atomic E-state index is 4.38. The SMILES string of the molecule is Cc1ccc(N(c2ccc(C)cc2)c2ccc(S)cc2)cc1. The molecule has 0 spiro atoms. The van der Waals surface area contributed by atoms with Crippen LogP contribution >= 0.6 is 12.6 Å². The van der Waals surface area contributed by atoms with Gasteiger partial charge in [0.15, 0.2) is 0 Å². The van der Waals surface area contributed by atoms with Crippen LogP contribution in [0.25, 0.3) is 0 Å². The molecule has 0 aliphatic rings. The van der Waals surface area contributed by atoms with Gasteiger partial charge in [0, 0.05) is 22.0 Å². The summed E-state index contributed by atoms with van der Waals surface area (Å²) in [6.07, 6.45) is 0. The monoisotopic (exact) mass is 305 g/mol. The second kappa shape index (κ2) is 6.29. The lowest BCUT2D eigenvalue weighted by Gasteiger charge is -2.25. The second-order valence-electron chi connectivity index (χ2n) is 5.52. The van der Waals surface area contributed by atoms with Gasteiger partial charge in [0.25, 0.3) is 0 Å². The van der Waals surface area contributed by atoms with Crippen LogP contribution in [0.5, 0.6) is 0 Å². The minimum atomic E-state index is 0.969. The van der Waals surface area contributed by atoms with Crippen LogP contribution in [-0.4, -0.2) is 0 Å². The third kappa shape index (κ3) is 3.18. The van der Waals surface area contributed by atoms with Crippen LogP contribution < -0.4 is 4.90 Å². The molecule has 0 heterocycles. The molecule has 0 aliphatic heterocycles. The van der Waals surface area contributed by atoms with Gasteiger partial charge in [-0.05, 0) is 62.4 Å². The Labute approximate surface area is 137 Å². The minimum Gasteiger partial charge on any atom is -0.311 e. The Morgan fingerprint density at radius 2 is 0.864 bits per heavy atom. The molecule has 3 aromatic rings. The van der Waals surface area contributed by atoms with Crippen LogP contribution in [0.3, 0.4) is 0 Å². The third-order valence-corrected chi connectivity index (χ3v) is 3.99. The smallest absolute Gasteiger partial charge is 0.0462 e. The lowest BCUT2D eigenvalue weighted by molar-refractivity contribution is 1.26. The van der Waals surface area contributed by atoms with Gasteiger partial charge >= 0.3 is 0 Å². The number of thiol groups is 1. The molecule has 0 fully saturated rings. The average Bonchev–Trinajstić information content (AvgIpc) is 2.53. The van der Waals surface area contributed by atoms with E-state index in [1.807, 2.05) is 12.1 Å². The maximum Gasteiger partial charge on any atom is 0.0462 e. The first-order valence-electron chi connectivity index (χ1n) is 7.36. The molecule has 0 N–H and O–H groups in total. The van der Waals surface area contributed by atoms with Gasteiger partial charge in [0.2, 0.25) is 0 Å². The molecule has 0 aromatic heterocycles. The van der Waals surface area contributed by atoms with E-state index in [2.05, 4.69) is 92.0 Å². The predicted octanol–water partition coefficient (Wildman–Crippen LogP) is 6.06. The number of nitrogens with zero attached hydrogens (tertiary/aromatic N) is 1. The Balaban J connectivity index is 2.10. The molecule has 3 rings (SSSR count). The van der Waals surface area contributed by atoms with Gasteiger partial charge in [-0.25, -0.2) is 0 Å². The summed E-state index contributed by atoms with van der Waals surface area (Å²) in [5.74, 6) is 0. The van der Waals surface area contributed by atoms with E-state index in [4.69, 9.17) is 0 Å². The first kappa shape index (κ1) is 14.7. The zero-order chi connectivity index (χ0) is 15.5. The molecule has 1 nitrogen and oxygen atoms in total. The predicted molar refractivity (Wildman–Crippen MR) is 97.9 cm³/mol. The maximum absolute atomic E-state index is 4.38. The molecule has 0 unspecified atom stereocenters. The fraction of sp³-hybridized carbons (Fsp3) is 0.100. The van der Waals surface area contributed by atoms with Crippen molar-refractivity contribution in [2.45, 2.75) is 18.7 Å². The molecule has 22 heavy (non-hydrogen) atoms. The zero-order valence-corrected chi connectivity index (χ0v) is 13.7. The largest absolute Gasteiger partial charge is 0.311 e. The Hall–Kier alpha value is -2.19. The number of benzene rings is 3. The van der Waals surface area contributed by atoms with Crippen molar-refractivity contribution in [3.8, 4) is 0 Å². The highest BCUT2D eigenvalue weighted by atomic mass is 32.1. The van der Waals surface area contributed by atoms with Crippen LogP contribution in [0.2, 0.25) is 0 Å². The number of rotatable bonds is 3. The van der Waals surface area contributed by atoms with E-state index in [0.717, 1.165) is 22.0 Å². The van der Waals surface area contributed by atoms with Crippen LogP contribution in [0.15, 0.2) is 77.7 Å². The normalized spacial score (nSPS) is 10.5.